The number of aliphatic carboxylic acids is 1. The van der Waals surface area contributed by atoms with Gasteiger partial charge in [0.25, 0.3) is 5.91 Å². The van der Waals surface area contributed by atoms with Crippen molar-refractivity contribution < 1.29 is 28.6 Å². The molecule has 1 unspecified atom stereocenters. The Morgan fingerprint density at radius 3 is 2.67 bits per heavy atom. The molecule has 0 saturated carbocycles. The van der Waals surface area contributed by atoms with E-state index in [4.69, 9.17) is 5.11 Å². The molecule has 8 heteroatoms. The molecule has 0 spiro atoms. The molecule has 0 saturated heterocycles. The largest absolute Gasteiger partial charge is 0.480 e. The zero-order valence-electron chi connectivity index (χ0n) is 11.1. The number of carboxylic acid groups (broad SMARTS) is 1. The molecule has 1 atom stereocenters. The number of carboxylic acids is 1. The number of halogens is 2. The first-order chi connectivity index (χ1) is 9.85. The molecule has 0 aliphatic carbocycles. The third-order valence-corrected chi connectivity index (χ3v) is 3.13. The van der Waals surface area contributed by atoms with Crippen LogP contribution in [0.4, 0.5) is 4.39 Å². The van der Waals surface area contributed by atoms with Crippen LogP contribution < -0.4 is 5.32 Å². The predicted octanol–water partition coefficient (Wildman–Crippen LogP) is 1.72. The minimum atomic E-state index is -1.32. The minimum absolute atomic E-state index is 0.149. The number of ether oxygens (including phenoxy) is 1. The Labute approximate surface area is 128 Å². The number of carbonyl (C=O) groups excluding carboxylic acids is 2. The Balaban J connectivity index is 2.79. The van der Waals surface area contributed by atoms with Gasteiger partial charge in [-0.15, -0.1) is 0 Å². The minimum Gasteiger partial charge on any atom is -0.480 e. The van der Waals surface area contributed by atoms with Crippen molar-refractivity contribution in [2.75, 3.05) is 7.11 Å². The van der Waals surface area contributed by atoms with E-state index in [1.807, 2.05) is 0 Å². The molecular formula is C13H13BrFNO5. The van der Waals surface area contributed by atoms with Crippen LogP contribution in [0.5, 0.6) is 0 Å². The number of esters is 1. The molecule has 6 nitrogen and oxygen atoms in total. The van der Waals surface area contributed by atoms with Gasteiger partial charge in [0, 0.05) is 10.9 Å². The molecule has 0 radical (unpaired) electrons. The molecule has 0 fully saturated rings. The van der Waals surface area contributed by atoms with E-state index in [9.17, 15) is 18.8 Å². The van der Waals surface area contributed by atoms with Crippen LogP contribution in [0.1, 0.15) is 23.2 Å². The van der Waals surface area contributed by atoms with E-state index in [0.717, 1.165) is 6.07 Å². The maximum absolute atomic E-state index is 13.5. The average Bonchev–Trinajstić information content (AvgIpc) is 2.44. The number of amides is 1. The molecule has 0 heterocycles. The molecule has 1 aromatic carbocycles. The Morgan fingerprint density at radius 2 is 2.10 bits per heavy atom. The van der Waals surface area contributed by atoms with Gasteiger partial charge in [0.1, 0.15) is 11.9 Å². The fourth-order valence-corrected chi connectivity index (χ4v) is 1.89. The topological polar surface area (TPSA) is 92.7 Å². The Hall–Kier alpha value is -1.96. The lowest BCUT2D eigenvalue weighted by Gasteiger charge is -2.14. The summed E-state index contributed by atoms with van der Waals surface area (Å²) in [5, 5.41) is 11.2. The summed E-state index contributed by atoms with van der Waals surface area (Å²) in [6.45, 7) is 0. The van der Waals surface area contributed by atoms with Gasteiger partial charge in [0.2, 0.25) is 0 Å². The Bertz CT molecular complexity index is 563. The normalized spacial score (nSPS) is 11.6. The molecule has 0 aromatic heterocycles. The molecule has 114 valence electrons. The van der Waals surface area contributed by atoms with E-state index in [2.05, 4.69) is 26.0 Å². The third-order valence-electron chi connectivity index (χ3n) is 2.64. The van der Waals surface area contributed by atoms with Crippen LogP contribution >= 0.6 is 15.9 Å². The van der Waals surface area contributed by atoms with Crippen molar-refractivity contribution in [1.29, 1.82) is 0 Å². The number of methoxy groups -OCH3 is 1. The molecule has 1 aromatic rings. The maximum atomic E-state index is 13.5. The second kappa shape index (κ2) is 7.72. The van der Waals surface area contributed by atoms with Crippen LogP contribution in [0.3, 0.4) is 0 Å². The van der Waals surface area contributed by atoms with E-state index < -0.39 is 29.7 Å². The standard InChI is InChI=1S/C13H13BrFNO5/c1-21-11(17)5-4-10(13(19)20)16-12(18)8-6-7(14)2-3-9(8)15/h2-3,6,10H,4-5H2,1H3,(H,16,18)(H,19,20). The summed E-state index contributed by atoms with van der Waals surface area (Å²) in [7, 11) is 1.17. The first kappa shape index (κ1) is 17.1. The smallest absolute Gasteiger partial charge is 0.326 e. The fourth-order valence-electron chi connectivity index (χ4n) is 1.53. The summed E-state index contributed by atoms with van der Waals surface area (Å²) in [5.41, 5.74) is -0.284. The highest BCUT2D eigenvalue weighted by molar-refractivity contribution is 9.10. The molecule has 0 bridgehead atoms. The highest BCUT2D eigenvalue weighted by Crippen LogP contribution is 2.16. The molecule has 2 N–H and O–H groups in total. The van der Waals surface area contributed by atoms with Crippen molar-refractivity contribution >= 4 is 33.8 Å². The molecule has 21 heavy (non-hydrogen) atoms. The number of hydrogen-bond donors (Lipinski definition) is 2. The summed E-state index contributed by atoms with van der Waals surface area (Å²) < 4.78 is 18.4. The van der Waals surface area contributed by atoms with E-state index in [-0.39, 0.29) is 18.4 Å². The van der Waals surface area contributed by atoms with Crippen LogP contribution in [0, 0.1) is 5.82 Å². The van der Waals surface area contributed by atoms with Crippen LogP contribution in [-0.4, -0.2) is 36.1 Å². The quantitative estimate of drug-likeness (QED) is 0.752. The highest BCUT2D eigenvalue weighted by Gasteiger charge is 2.23. The lowest BCUT2D eigenvalue weighted by atomic mass is 10.1. The van der Waals surface area contributed by atoms with Gasteiger partial charge in [0.05, 0.1) is 12.7 Å². The predicted molar refractivity (Wildman–Crippen MR) is 74.2 cm³/mol. The van der Waals surface area contributed by atoms with Crippen molar-refractivity contribution in [3.05, 3.63) is 34.1 Å². The SMILES string of the molecule is COC(=O)CCC(NC(=O)c1cc(Br)ccc1F)C(=O)O. The number of hydrogen-bond acceptors (Lipinski definition) is 4. The van der Waals surface area contributed by atoms with Gasteiger partial charge in [-0.2, -0.15) is 0 Å². The molecule has 1 rings (SSSR count). The summed E-state index contributed by atoms with van der Waals surface area (Å²) in [4.78, 5) is 33.9. The van der Waals surface area contributed by atoms with Crippen molar-refractivity contribution in [3.8, 4) is 0 Å². The Morgan fingerprint density at radius 1 is 1.43 bits per heavy atom. The lowest BCUT2D eigenvalue weighted by molar-refractivity contribution is -0.142. The van der Waals surface area contributed by atoms with Gasteiger partial charge in [-0.05, 0) is 24.6 Å². The third kappa shape index (κ3) is 5.14. The lowest BCUT2D eigenvalue weighted by Crippen LogP contribution is -2.41. The second-order valence-corrected chi connectivity index (χ2v) is 5.02. The van der Waals surface area contributed by atoms with Gasteiger partial charge in [-0.1, -0.05) is 15.9 Å². The Kier molecular flexibility index (Phi) is 6.29. The van der Waals surface area contributed by atoms with Crippen LogP contribution in [0.2, 0.25) is 0 Å². The first-order valence-electron chi connectivity index (χ1n) is 5.90. The maximum Gasteiger partial charge on any atom is 0.326 e. The fraction of sp³-hybridized carbons (Fsp3) is 0.308. The number of rotatable bonds is 6. The summed E-state index contributed by atoms with van der Waals surface area (Å²) in [5.74, 6) is -3.55. The van der Waals surface area contributed by atoms with Gasteiger partial charge < -0.3 is 15.2 Å². The summed E-state index contributed by atoms with van der Waals surface area (Å²) >= 11 is 3.09. The monoisotopic (exact) mass is 361 g/mol. The van der Waals surface area contributed by atoms with E-state index in [1.165, 1.54) is 19.2 Å². The number of carbonyl (C=O) groups is 3. The molecule has 0 aliphatic rings. The van der Waals surface area contributed by atoms with E-state index in [1.54, 1.807) is 0 Å². The average molecular weight is 362 g/mol. The van der Waals surface area contributed by atoms with E-state index >= 15 is 0 Å². The molecule has 0 aliphatic heterocycles. The van der Waals surface area contributed by atoms with Gasteiger partial charge in [-0.25, -0.2) is 9.18 Å². The summed E-state index contributed by atoms with van der Waals surface area (Å²) in [6, 6.07) is 2.43. The van der Waals surface area contributed by atoms with Crippen molar-refractivity contribution in [2.24, 2.45) is 0 Å². The van der Waals surface area contributed by atoms with Crippen LogP contribution in [0.25, 0.3) is 0 Å². The molecule has 1 amide bonds. The van der Waals surface area contributed by atoms with Gasteiger partial charge >= 0.3 is 11.9 Å². The van der Waals surface area contributed by atoms with Crippen molar-refractivity contribution in [2.45, 2.75) is 18.9 Å². The summed E-state index contributed by atoms with van der Waals surface area (Å²) in [6.07, 6.45) is -0.321. The zero-order chi connectivity index (χ0) is 16.0. The van der Waals surface area contributed by atoms with Gasteiger partial charge in [0.15, 0.2) is 0 Å². The molecular weight excluding hydrogens is 349 g/mol. The van der Waals surface area contributed by atoms with Crippen LogP contribution in [0.15, 0.2) is 22.7 Å². The van der Waals surface area contributed by atoms with Crippen molar-refractivity contribution in [1.82, 2.24) is 5.32 Å². The highest BCUT2D eigenvalue weighted by atomic mass is 79.9. The first-order valence-corrected chi connectivity index (χ1v) is 6.70. The number of benzene rings is 1. The van der Waals surface area contributed by atoms with Gasteiger partial charge in [-0.3, -0.25) is 9.59 Å². The van der Waals surface area contributed by atoms with Crippen molar-refractivity contribution in [3.63, 3.8) is 0 Å². The van der Waals surface area contributed by atoms with E-state index in [0.29, 0.717) is 4.47 Å². The second-order valence-electron chi connectivity index (χ2n) is 4.10. The number of nitrogens with one attached hydrogen (secondary N) is 1. The van der Waals surface area contributed by atoms with Crippen LogP contribution in [-0.2, 0) is 14.3 Å². The zero-order valence-corrected chi connectivity index (χ0v) is 12.6.